The van der Waals surface area contributed by atoms with E-state index in [4.69, 9.17) is 11.6 Å². The predicted octanol–water partition coefficient (Wildman–Crippen LogP) is 6.27. The van der Waals surface area contributed by atoms with Crippen LogP contribution in [0.3, 0.4) is 0 Å². The second-order valence-corrected chi connectivity index (χ2v) is 8.84. The number of para-hydroxylation sites is 1. The highest BCUT2D eigenvalue weighted by molar-refractivity contribution is 6.33. The molecular formula is C23H23ClF4N4O. The number of carbonyl (C=O) groups excluding carboxylic acids is 1. The van der Waals surface area contributed by atoms with Crippen LogP contribution in [0.2, 0.25) is 5.02 Å². The molecule has 1 aliphatic rings. The zero-order valence-corrected chi connectivity index (χ0v) is 18.8. The Bertz CT molecular complexity index is 1180. The minimum atomic E-state index is -4.22. The number of amides is 1. The van der Waals surface area contributed by atoms with Gasteiger partial charge in [0.1, 0.15) is 5.82 Å². The van der Waals surface area contributed by atoms with Crippen molar-refractivity contribution in [2.24, 2.45) is 13.0 Å². The number of alkyl halides is 3. The van der Waals surface area contributed by atoms with Gasteiger partial charge in [-0.2, -0.15) is 13.2 Å². The number of anilines is 2. The number of fused-ring (bicyclic) bond motifs is 1. The number of hydrogen-bond acceptors (Lipinski definition) is 3. The van der Waals surface area contributed by atoms with Gasteiger partial charge in [0, 0.05) is 19.2 Å². The van der Waals surface area contributed by atoms with Crippen molar-refractivity contribution in [2.75, 3.05) is 5.32 Å². The van der Waals surface area contributed by atoms with Crippen LogP contribution in [0.4, 0.5) is 29.2 Å². The summed E-state index contributed by atoms with van der Waals surface area (Å²) in [5, 5.41) is 6.34. The van der Waals surface area contributed by atoms with Gasteiger partial charge in [-0.1, -0.05) is 23.7 Å². The summed E-state index contributed by atoms with van der Waals surface area (Å²) in [7, 11) is 1.71. The number of nitrogens with one attached hydrogen (secondary N) is 2. The molecule has 176 valence electrons. The number of imidazole rings is 1. The van der Waals surface area contributed by atoms with Crippen LogP contribution in [0.1, 0.15) is 41.6 Å². The van der Waals surface area contributed by atoms with Crippen LogP contribution >= 0.6 is 11.6 Å². The third-order valence-electron chi connectivity index (χ3n) is 6.20. The molecule has 0 atom stereocenters. The molecule has 4 rings (SSSR count). The Balaban J connectivity index is 1.54. The zero-order chi connectivity index (χ0) is 23.9. The lowest BCUT2D eigenvalue weighted by molar-refractivity contribution is -0.182. The largest absolute Gasteiger partial charge is 0.391 e. The molecule has 1 heterocycles. The van der Waals surface area contributed by atoms with Crippen LogP contribution in [-0.2, 0) is 7.05 Å². The average molecular weight is 483 g/mol. The van der Waals surface area contributed by atoms with E-state index >= 15 is 0 Å². The number of aryl methyl sites for hydroxylation is 2. The molecule has 1 saturated carbocycles. The van der Waals surface area contributed by atoms with Crippen molar-refractivity contribution in [2.45, 2.75) is 44.8 Å². The zero-order valence-electron chi connectivity index (χ0n) is 18.1. The SMILES string of the molecule is Cc1cccc(Cl)c1Nc1nc2cc(C(=O)N[C@H]3CC[C@H](C(F)(F)F)CC3)c(F)cc2n1C. The van der Waals surface area contributed by atoms with Crippen LogP contribution in [0, 0.1) is 18.7 Å². The Morgan fingerprint density at radius 3 is 2.52 bits per heavy atom. The molecule has 1 fully saturated rings. The van der Waals surface area contributed by atoms with Crippen molar-refractivity contribution in [1.82, 2.24) is 14.9 Å². The number of halogens is 5. The fourth-order valence-electron chi connectivity index (χ4n) is 4.23. The molecule has 33 heavy (non-hydrogen) atoms. The van der Waals surface area contributed by atoms with Crippen molar-refractivity contribution in [1.29, 1.82) is 0 Å². The van der Waals surface area contributed by atoms with Gasteiger partial charge in [-0.25, -0.2) is 9.37 Å². The summed E-state index contributed by atoms with van der Waals surface area (Å²) < 4.78 is 55.0. The van der Waals surface area contributed by atoms with E-state index in [-0.39, 0.29) is 31.2 Å². The molecule has 5 nitrogen and oxygen atoms in total. The molecule has 0 spiro atoms. The van der Waals surface area contributed by atoms with E-state index in [9.17, 15) is 22.4 Å². The van der Waals surface area contributed by atoms with Gasteiger partial charge in [0.15, 0.2) is 0 Å². The highest BCUT2D eigenvalue weighted by Crippen LogP contribution is 2.37. The van der Waals surface area contributed by atoms with Crippen molar-refractivity contribution in [3.63, 3.8) is 0 Å². The summed E-state index contributed by atoms with van der Waals surface area (Å²) >= 11 is 6.27. The van der Waals surface area contributed by atoms with E-state index < -0.39 is 29.9 Å². The number of carbonyl (C=O) groups is 1. The average Bonchev–Trinajstić information content (AvgIpc) is 3.04. The second-order valence-electron chi connectivity index (χ2n) is 8.44. The first-order valence-corrected chi connectivity index (χ1v) is 11.0. The maximum absolute atomic E-state index is 14.8. The normalized spacial score (nSPS) is 19.0. The molecule has 2 aromatic carbocycles. The summed E-state index contributed by atoms with van der Waals surface area (Å²) in [5.74, 6) is -2.32. The number of benzene rings is 2. The highest BCUT2D eigenvalue weighted by Gasteiger charge is 2.41. The second kappa shape index (κ2) is 8.85. The molecule has 0 radical (unpaired) electrons. The first-order chi connectivity index (χ1) is 15.5. The van der Waals surface area contributed by atoms with Crippen LogP contribution in [0.5, 0.6) is 0 Å². The van der Waals surface area contributed by atoms with Gasteiger partial charge in [-0.3, -0.25) is 4.79 Å². The maximum Gasteiger partial charge on any atom is 0.391 e. The Hall–Kier alpha value is -2.81. The van der Waals surface area contributed by atoms with E-state index in [1.165, 1.54) is 12.1 Å². The van der Waals surface area contributed by atoms with Crippen molar-refractivity contribution in [3.05, 3.63) is 52.3 Å². The quantitative estimate of drug-likeness (QED) is 0.431. The molecule has 1 aliphatic carbocycles. The third kappa shape index (κ3) is 4.78. The Kier molecular flexibility index (Phi) is 6.26. The molecule has 1 amide bonds. The van der Waals surface area contributed by atoms with Gasteiger partial charge in [0.2, 0.25) is 5.95 Å². The molecule has 3 aromatic rings. The van der Waals surface area contributed by atoms with Crippen LogP contribution in [0.15, 0.2) is 30.3 Å². The monoisotopic (exact) mass is 482 g/mol. The van der Waals surface area contributed by atoms with Crippen LogP contribution in [0.25, 0.3) is 11.0 Å². The van der Waals surface area contributed by atoms with Gasteiger partial charge in [0.25, 0.3) is 5.91 Å². The van der Waals surface area contributed by atoms with Gasteiger partial charge in [0.05, 0.1) is 33.2 Å². The fraction of sp³-hybridized carbons (Fsp3) is 0.391. The minimum absolute atomic E-state index is 0.0489. The van der Waals surface area contributed by atoms with Crippen molar-refractivity contribution in [3.8, 4) is 0 Å². The molecule has 10 heteroatoms. The highest BCUT2D eigenvalue weighted by atomic mass is 35.5. The number of hydrogen-bond donors (Lipinski definition) is 2. The lowest BCUT2D eigenvalue weighted by atomic mass is 9.85. The number of rotatable bonds is 4. The van der Waals surface area contributed by atoms with Crippen LogP contribution in [-0.4, -0.2) is 27.7 Å². The van der Waals surface area contributed by atoms with Gasteiger partial charge in [-0.15, -0.1) is 0 Å². The summed E-state index contributed by atoms with van der Waals surface area (Å²) in [6, 6.07) is 7.61. The lowest BCUT2D eigenvalue weighted by Crippen LogP contribution is -2.40. The van der Waals surface area contributed by atoms with Gasteiger partial charge in [-0.05, 0) is 50.3 Å². The fourth-order valence-corrected chi connectivity index (χ4v) is 4.50. The van der Waals surface area contributed by atoms with Crippen LogP contribution < -0.4 is 10.6 Å². The van der Waals surface area contributed by atoms with Crippen molar-refractivity contribution >= 4 is 40.2 Å². The van der Waals surface area contributed by atoms with Gasteiger partial charge >= 0.3 is 6.18 Å². The molecule has 0 aliphatic heterocycles. The standard InChI is InChI=1S/C23H23ClF4N4O/c1-12-4-3-5-16(24)20(12)31-22-30-18-10-15(17(25)11-19(18)32(22)2)21(33)29-14-8-6-13(7-9-14)23(26,27)28/h3-5,10-11,13-14H,6-9H2,1-2H3,(H,29,33)(H,30,31)/t13-,14-. The van der Waals surface area contributed by atoms with E-state index in [0.717, 1.165) is 5.56 Å². The molecule has 0 bridgehead atoms. The van der Waals surface area contributed by atoms with E-state index in [2.05, 4.69) is 15.6 Å². The number of aromatic nitrogens is 2. The molecule has 1 aromatic heterocycles. The summed E-state index contributed by atoms with van der Waals surface area (Å²) in [6.45, 7) is 1.89. The summed E-state index contributed by atoms with van der Waals surface area (Å²) in [5.41, 5.74) is 2.25. The molecular weight excluding hydrogens is 460 g/mol. The predicted molar refractivity (Wildman–Crippen MR) is 119 cm³/mol. The van der Waals surface area contributed by atoms with Gasteiger partial charge < -0.3 is 15.2 Å². The maximum atomic E-state index is 14.8. The Morgan fingerprint density at radius 2 is 1.88 bits per heavy atom. The topological polar surface area (TPSA) is 59.0 Å². The first kappa shape index (κ1) is 23.4. The minimum Gasteiger partial charge on any atom is -0.349 e. The van der Waals surface area contributed by atoms with Crippen molar-refractivity contribution < 1.29 is 22.4 Å². The van der Waals surface area contributed by atoms with E-state index in [0.29, 0.717) is 27.7 Å². The smallest absolute Gasteiger partial charge is 0.349 e. The number of nitrogens with zero attached hydrogens (tertiary/aromatic N) is 2. The Labute approximate surface area is 193 Å². The lowest BCUT2D eigenvalue weighted by Gasteiger charge is -2.30. The molecule has 0 saturated heterocycles. The third-order valence-corrected chi connectivity index (χ3v) is 6.51. The molecule has 2 N–H and O–H groups in total. The Morgan fingerprint density at radius 1 is 1.18 bits per heavy atom. The van der Waals surface area contributed by atoms with E-state index in [1.807, 2.05) is 19.1 Å². The summed E-state index contributed by atoms with van der Waals surface area (Å²) in [4.78, 5) is 17.2. The summed E-state index contributed by atoms with van der Waals surface area (Å²) in [6.07, 6.45) is -3.91. The first-order valence-electron chi connectivity index (χ1n) is 10.6. The van der Waals surface area contributed by atoms with E-state index in [1.54, 1.807) is 17.7 Å². The molecule has 0 unspecified atom stereocenters.